The summed E-state index contributed by atoms with van der Waals surface area (Å²) in [4.78, 5) is 2.63. The Kier molecular flexibility index (Phi) is 3.01. The van der Waals surface area contributed by atoms with Crippen LogP contribution in [0.4, 0.5) is 0 Å². The SMILES string of the molecule is c1cc(CN2CCNC3(CCCC3)C2)cs1. The Morgan fingerprint density at radius 1 is 1.38 bits per heavy atom. The van der Waals surface area contributed by atoms with Gasteiger partial charge in [-0.2, -0.15) is 11.3 Å². The van der Waals surface area contributed by atoms with E-state index in [9.17, 15) is 0 Å². The molecule has 2 nitrogen and oxygen atoms in total. The van der Waals surface area contributed by atoms with Gasteiger partial charge in [0.2, 0.25) is 0 Å². The van der Waals surface area contributed by atoms with Crippen LogP contribution in [0.15, 0.2) is 16.8 Å². The van der Waals surface area contributed by atoms with Gasteiger partial charge >= 0.3 is 0 Å². The molecule has 0 bridgehead atoms. The van der Waals surface area contributed by atoms with Crippen LogP contribution in [0.25, 0.3) is 0 Å². The van der Waals surface area contributed by atoms with Crippen molar-refractivity contribution in [2.45, 2.75) is 37.8 Å². The van der Waals surface area contributed by atoms with E-state index < -0.39 is 0 Å². The van der Waals surface area contributed by atoms with E-state index in [1.165, 1.54) is 50.9 Å². The number of thiophene rings is 1. The highest BCUT2D eigenvalue weighted by molar-refractivity contribution is 7.07. The Bertz CT molecular complexity index is 328. The summed E-state index contributed by atoms with van der Waals surface area (Å²) in [6.45, 7) is 4.78. The second-order valence-corrected chi connectivity index (χ2v) is 6.04. The van der Waals surface area contributed by atoms with Crippen molar-refractivity contribution in [2.24, 2.45) is 0 Å². The first-order chi connectivity index (χ1) is 7.86. The molecule has 3 heteroatoms. The zero-order valence-electron chi connectivity index (χ0n) is 9.74. The van der Waals surface area contributed by atoms with Crippen molar-refractivity contribution in [1.82, 2.24) is 10.2 Å². The molecule has 0 radical (unpaired) electrons. The molecule has 1 spiro atoms. The molecule has 1 N–H and O–H groups in total. The molecule has 88 valence electrons. The largest absolute Gasteiger partial charge is 0.309 e. The highest BCUT2D eigenvalue weighted by Gasteiger charge is 2.37. The van der Waals surface area contributed by atoms with Gasteiger partial charge in [-0.25, -0.2) is 0 Å². The fourth-order valence-corrected chi connectivity index (χ4v) is 3.86. The first kappa shape index (κ1) is 10.8. The van der Waals surface area contributed by atoms with Crippen molar-refractivity contribution >= 4 is 11.3 Å². The number of hydrogen-bond acceptors (Lipinski definition) is 3. The van der Waals surface area contributed by atoms with E-state index in [0.29, 0.717) is 5.54 Å². The molecule has 3 rings (SSSR count). The van der Waals surface area contributed by atoms with Gasteiger partial charge < -0.3 is 5.32 Å². The van der Waals surface area contributed by atoms with E-state index >= 15 is 0 Å². The van der Waals surface area contributed by atoms with Crippen LogP contribution in [-0.2, 0) is 6.54 Å². The topological polar surface area (TPSA) is 15.3 Å². The summed E-state index contributed by atoms with van der Waals surface area (Å²) in [5.41, 5.74) is 1.95. The first-order valence-corrected chi connectivity index (χ1v) is 7.29. The Hall–Kier alpha value is -0.380. The molecular weight excluding hydrogens is 216 g/mol. The average Bonchev–Trinajstić information content (AvgIpc) is 2.91. The second-order valence-electron chi connectivity index (χ2n) is 5.26. The van der Waals surface area contributed by atoms with E-state index in [0.717, 1.165) is 6.54 Å². The standard InChI is InChI=1S/C13H20N2S/c1-2-5-13(4-1)11-15(7-6-14-13)9-12-3-8-16-10-12/h3,8,10,14H,1-2,4-7,9,11H2. The second kappa shape index (κ2) is 4.47. The monoisotopic (exact) mass is 236 g/mol. The third-order valence-corrected chi connectivity index (χ3v) is 4.73. The van der Waals surface area contributed by atoms with Crippen LogP contribution in [0.3, 0.4) is 0 Å². The van der Waals surface area contributed by atoms with Gasteiger partial charge in [0.25, 0.3) is 0 Å². The molecule has 1 aliphatic carbocycles. The number of hydrogen-bond donors (Lipinski definition) is 1. The zero-order valence-corrected chi connectivity index (χ0v) is 10.6. The molecule has 2 aliphatic rings. The van der Waals surface area contributed by atoms with E-state index in [2.05, 4.69) is 27.0 Å². The summed E-state index contributed by atoms with van der Waals surface area (Å²) in [6.07, 6.45) is 5.60. The van der Waals surface area contributed by atoms with Crippen molar-refractivity contribution in [3.63, 3.8) is 0 Å². The molecule has 2 fully saturated rings. The molecule has 1 saturated heterocycles. The normalized spacial score (nSPS) is 25.2. The predicted molar refractivity (Wildman–Crippen MR) is 68.8 cm³/mol. The Balaban J connectivity index is 1.63. The van der Waals surface area contributed by atoms with Gasteiger partial charge in [-0.3, -0.25) is 4.90 Å². The highest BCUT2D eigenvalue weighted by Crippen LogP contribution is 2.32. The molecule has 1 aromatic heterocycles. The van der Waals surface area contributed by atoms with Gasteiger partial charge in [0.15, 0.2) is 0 Å². The summed E-state index contributed by atoms with van der Waals surface area (Å²) >= 11 is 1.81. The van der Waals surface area contributed by atoms with Crippen molar-refractivity contribution in [1.29, 1.82) is 0 Å². The summed E-state index contributed by atoms with van der Waals surface area (Å²) < 4.78 is 0. The third-order valence-electron chi connectivity index (χ3n) is 4.00. The Labute approximate surface area is 102 Å². The quantitative estimate of drug-likeness (QED) is 0.848. The molecule has 0 unspecified atom stereocenters. The van der Waals surface area contributed by atoms with Crippen molar-refractivity contribution in [3.8, 4) is 0 Å². The average molecular weight is 236 g/mol. The Morgan fingerprint density at radius 2 is 2.25 bits per heavy atom. The van der Waals surface area contributed by atoms with Gasteiger partial charge in [-0.15, -0.1) is 0 Å². The lowest BCUT2D eigenvalue weighted by Gasteiger charge is -2.41. The van der Waals surface area contributed by atoms with E-state index in [1.807, 2.05) is 11.3 Å². The lowest BCUT2D eigenvalue weighted by molar-refractivity contribution is 0.129. The van der Waals surface area contributed by atoms with Crippen LogP contribution < -0.4 is 5.32 Å². The summed E-state index contributed by atoms with van der Waals surface area (Å²) in [6, 6.07) is 2.26. The number of nitrogens with zero attached hydrogens (tertiary/aromatic N) is 1. The smallest absolute Gasteiger partial charge is 0.0309 e. The lowest BCUT2D eigenvalue weighted by atomic mass is 9.94. The van der Waals surface area contributed by atoms with Gasteiger partial charge in [0, 0.05) is 31.7 Å². The molecule has 16 heavy (non-hydrogen) atoms. The molecule has 0 aromatic carbocycles. The summed E-state index contributed by atoms with van der Waals surface area (Å²) in [7, 11) is 0. The summed E-state index contributed by atoms with van der Waals surface area (Å²) in [5.74, 6) is 0. The molecule has 0 amide bonds. The maximum absolute atomic E-state index is 3.76. The summed E-state index contributed by atoms with van der Waals surface area (Å²) in [5, 5.41) is 8.23. The van der Waals surface area contributed by atoms with E-state index in [-0.39, 0.29) is 0 Å². The van der Waals surface area contributed by atoms with Crippen molar-refractivity contribution < 1.29 is 0 Å². The van der Waals surface area contributed by atoms with Gasteiger partial charge in [-0.05, 0) is 35.2 Å². The highest BCUT2D eigenvalue weighted by atomic mass is 32.1. The molecule has 2 heterocycles. The fraction of sp³-hybridized carbons (Fsp3) is 0.692. The maximum Gasteiger partial charge on any atom is 0.0309 e. The van der Waals surface area contributed by atoms with Crippen LogP contribution in [-0.4, -0.2) is 30.1 Å². The maximum atomic E-state index is 3.76. The number of piperazine rings is 1. The lowest BCUT2D eigenvalue weighted by Crippen LogP contribution is -2.58. The molecule has 1 saturated carbocycles. The van der Waals surface area contributed by atoms with E-state index in [1.54, 1.807) is 0 Å². The van der Waals surface area contributed by atoms with Crippen LogP contribution in [0.1, 0.15) is 31.2 Å². The molecule has 0 atom stereocenters. The first-order valence-electron chi connectivity index (χ1n) is 6.35. The van der Waals surface area contributed by atoms with Gasteiger partial charge in [0.1, 0.15) is 0 Å². The number of nitrogens with one attached hydrogen (secondary N) is 1. The van der Waals surface area contributed by atoms with Crippen LogP contribution in [0.5, 0.6) is 0 Å². The molecule has 1 aliphatic heterocycles. The van der Waals surface area contributed by atoms with Crippen LogP contribution >= 0.6 is 11.3 Å². The minimum Gasteiger partial charge on any atom is -0.309 e. The molecular formula is C13H20N2S. The minimum absolute atomic E-state index is 0.467. The van der Waals surface area contributed by atoms with Gasteiger partial charge in [0.05, 0.1) is 0 Å². The minimum atomic E-state index is 0.467. The van der Waals surface area contributed by atoms with Gasteiger partial charge in [-0.1, -0.05) is 12.8 Å². The molecule has 1 aromatic rings. The van der Waals surface area contributed by atoms with Crippen molar-refractivity contribution in [3.05, 3.63) is 22.4 Å². The van der Waals surface area contributed by atoms with Crippen molar-refractivity contribution in [2.75, 3.05) is 19.6 Å². The fourth-order valence-electron chi connectivity index (χ4n) is 3.20. The number of rotatable bonds is 2. The third kappa shape index (κ3) is 2.17. The Morgan fingerprint density at radius 3 is 3.00 bits per heavy atom. The van der Waals surface area contributed by atoms with Crippen LogP contribution in [0.2, 0.25) is 0 Å². The predicted octanol–water partition coefficient (Wildman–Crippen LogP) is 2.47. The van der Waals surface area contributed by atoms with Crippen LogP contribution in [0, 0.1) is 0 Å². The van der Waals surface area contributed by atoms with E-state index in [4.69, 9.17) is 0 Å². The zero-order chi connectivity index (χ0) is 10.8.